The first-order valence-electron chi connectivity index (χ1n) is 10.6. The number of aromatic nitrogens is 1. The molecule has 1 fully saturated rings. The van der Waals surface area contributed by atoms with Gasteiger partial charge < -0.3 is 19.4 Å². The standard InChI is InChI=1S/C25H23N3O5/c1-15-11-19(16(2)28(15)18-7-5-4-6-8-18)20(29)13-27-23(30)25(3,26-24(27)31)17-9-10-21-22(12-17)33-14-32-21/h4-12H,13-14H2,1-3H3,(H,26,31). The molecule has 8 nitrogen and oxygen atoms in total. The highest BCUT2D eigenvalue weighted by Crippen LogP contribution is 2.38. The number of carbonyl (C=O) groups excluding carboxylic acids is 3. The van der Waals surface area contributed by atoms with E-state index in [1.54, 1.807) is 31.2 Å². The quantitative estimate of drug-likeness (QED) is 0.480. The lowest BCUT2D eigenvalue weighted by molar-refractivity contribution is -0.130. The molecule has 168 valence electrons. The Labute approximate surface area is 190 Å². The molecule has 8 heteroatoms. The molecular formula is C25H23N3O5. The number of urea groups is 1. The van der Waals surface area contributed by atoms with Gasteiger partial charge in [0.2, 0.25) is 6.79 Å². The Morgan fingerprint density at radius 3 is 2.52 bits per heavy atom. The second kappa shape index (κ2) is 7.51. The van der Waals surface area contributed by atoms with Gasteiger partial charge in [0.1, 0.15) is 5.54 Å². The predicted octanol–water partition coefficient (Wildman–Crippen LogP) is 3.47. The van der Waals surface area contributed by atoms with E-state index >= 15 is 0 Å². The molecule has 1 saturated heterocycles. The zero-order valence-corrected chi connectivity index (χ0v) is 18.5. The fraction of sp³-hybridized carbons (Fsp3) is 0.240. The van der Waals surface area contributed by atoms with Crippen molar-refractivity contribution in [3.63, 3.8) is 0 Å². The number of ketones is 1. The number of hydrogen-bond acceptors (Lipinski definition) is 5. The molecule has 3 amide bonds. The van der Waals surface area contributed by atoms with Crippen molar-refractivity contribution in [3.8, 4) is 17.2 Å². The Balaban J connectivity index is 1.41. The van der Waals surface area contributed by atoms with Crippen LogP contribution in [-0.4, -0.2) is 40.5 Å². The first-order valence-corrected chi connectivity index (χ1v) is 10.6. The van der Waals surface area contributed by atoms with Crippen LogP contribution in [0.5, 0.6) is 11.5 Å². The van der Waals surface area contributed by atoms with Gasteiger partial charge in [-0.2, -0.15) is 0 Å². The van der Waals surface area contributed by atoms with Gasteiger partial charge in [0.15, 0.2) is 17.3 Å². The van der Waals surface area contributed by atoms with Gasteiger partial charge in [0.05, 0.1) is 6.54 Å². The van der Waals surface area contributed by atoms with E-state index in [-0.39, 0.29) is 19.1 Å². The first-order chi connectivity index (χ1) is 15.8. The van der Waals surface area contributed by atoms with E-state index in [0.29, 0.717) is 22.6 Å². The minimum absolute atomic E-state index is 0.109. The number of aryl methyl sites for hydroxylation is 1. The largest absolute Gasteiger partial charge is 0.454 e. The molecule has 3 heterocycles. The fourth-order valence-electron chi connectivity index (χ4n) is 4.49. The van der Waals surface area contributed by atoms with Crippen molar-refractivity contribution >= 4 is 17.7 Å². The lowest BCUT2D eigenvalue weighted by Crippen LogP contribution is -2.41. The van der Waals surface area contributed by atoms with E-state index < -0.39 is 17.5 Å². The van der Waals surface area contributed by atoms with Crippen LogP contribution in [0.25, 0.3) is 5.69 Å². The maximum absolute atomic E-state index is 13.3. The topological polar surface area (TPSA) is 89.9 Å². The third-order valence-corrected chi connectivity index (χ3v) is 6.27. The maximum atomic E-state index is 13.3. The molecular weight excluding hydrogens is 422 g/mol. The molecule has 1 atom stereocenters. The molecule has 1 unspecified atom stereocenters. The van der Waals surface area contributed by atoms with Gasteiger partial charge in [0.25, 0.3) is 5.91 Å². The van der Waals surface area contributed by atoms with Crippen LogP contribution in [0, 0.1) is 13.8 Å². The Morgan fingerprint density at radius 1 is 1.03 bits per heavy atom. The lowest BCUT2D eigenvalue weighted by atomic mass is 9.91. The highest BCUT2D eigenvalue weighted by Gasteiger charge is 2.50. The number of fused-ring (bicyclic) bond motifs is 1. The average molecular weight is 445 g/mol. The van der Waals surface area contributed by atoms with E-state index in [1.807, 2.05) is 48.7 Å². The minimum Gasteiger partial charge on any atom is -0.454 e. The lowest BCUT2D eigenvalue weighted by Gasteiger charge is -2.22. The first kappa shape index (κ1) is 20.8. The van der Waals surface area contributed by atoms with E-state index in [0.717, 1.165) is 22.0 Å². The number of rotatable bonds is 5. The average Bonchev–Trinajstić information content (AvgIpc) is 3.45. The molecule has 0 radical (unpaired) electrons. The van der Waals surface area contributed by atoms with E-state index in [2.05, 4.69) is 5.32 Å². The summed E-state index contributed by atoms with van der Waals surface area (Å²) in [6.45, 7) is 5.16. The molecule has 0 bridgehead atoms. The van der Waals surface area contributed by atoms with Crippen LogP contribution in [0.3, 0.4) is 0 Å². The summed E-state index contributed by atoms with van der Waals surface area (Å²) in [5.41, 5.74) is 2.32. The van der Waals surface area contributed by atoms with Gasteiger partial charge in [-0.3, -0.25) is 14.5 Å². The van der Waals surface area contributed by atoms with Gasteiger partial charge in [0, 0.05) is 22.6 Å². The number of ether oxygens (including phenoxy) is 2. The molecule has 1 aromatic heterocycles. The zero-order chi connectivity index (χ0) is 23.3. The molecule has 2 aliphatic heterocycles. The number of amides is 3. The summed E-state index contributed by atoms with van der Waals surface area (Å²) < 4.78 is 12.7. The van der Waals surface area contributed by atoms with E-state index in [1.165, 1.54) is 0 Å². The Hall–Kier alpha value is -4.07. The van der Waals surface area contributed by atoms with Crippen LogP contribution >= 0.6 is 0 Å². The summed E-state index contributed by atoms with van der Waals surface area (Å²) >= 11 is 0. The summed E-state index contributed by atoms with van der Waals surface area (Å²) in [5.74, 6) is 0.305. The number of benzene rings is 2. The van der Waals surface area contributed by atoms with Gasteiger partial charge >= 0.3 is 6.03 Å². The number of nitrogens with one attached hydrogen (secondary N) is 1. The molecule has 2 aromatic carbocycles. The zero-order valence-electron chi connectivity index (χ0n) is 18.5. The third-order valence-electron chi connectivity index (χ3n) is 6.27. The van der Waals surface area contributed by atoms with Gasteiger partial charge in [-0.05, 0) is 56.7 Å². The summed E-state index contributed by atoms with van der Waals surface area (Å²) in [5, 5.41) is 2.74. The molecule has 5 rings (SSSR count). The number of carbonyl (C=O) groups is 3. The summed E-state index contributed by atoms with van der Waals surface area (Å²) in [7, 11) is 0. The second-order valence-corrected chi connectivity index (χ2v) is 8.39. The molecule has 0 saturated carbocycles. The van der Waals surface area contributed by atoms with Crippen LogP contribution in [0.1, 0.15) is 34.2 Å². The van der Waals surface area contributed by atoms with Crippen LogP contribution in [-0.2, 0) is 10.3 Å². The van der Waals surface area contributed by atoms with Crippen molar-refractivity contribution in [3.05, 3.63) is 77.1 Å². The van der Waals surface area contributed by atoms with E-state index in [9.17, 15) is 14.4 Å². The second-order valence-electron chi connectivity index (χ2n) is 8.39. The van der Waals surface area contributed by atoms with Crippen LogP contribution in [0.2, 0.25) is 0 Å². The third kappa shape index (κ3) is 3.26. The van der Waals surface area contributed by atoms with Gasteiger partial charge in [-0.25, -0.2) is 4.79 Å². The molecule has 3 aromatic rings. The normalized spacial score (nSPS) is 19.2. The molecule has 0 aliphatic carbocycles. The predicted molar refractivity (Wildman–Crippen MR) is 120 cm³/mol. The van der Waals surface area contributed by atoms with Crippen LogP contribution in [0.4, 0.5) is 4.79 Å². The number of imide groups is 1. The number of hydrogen-bond donors (Lipinski definition) is 1. The monoisotopic (exact) mass is 445 g/mol. The number of para-hydroxylation sites is 1. The summed E-state index contributed by atoms with van der Waals surface area (Å²) in [6, 6.07) is 16.0. The van der Waals surface area contributed by atoms with Crippen LogP contribution < -0.4 is 14.8 Å². The fourth-order valence-corrected chi connectivity index (χ4v) is 4.49. The number of Topliss-reactive ketones (excluding diaryl/α,β-unsaturated/α-hetero) is 1. The Kier molecular flexibility index (Phi) is 4.74. The summed E-state index contributed by atoms with van der Waals surface area (Å²) in [4.78, 5) is 40.2. The highest BCUT2D eigenvalue weighted by molar-refractivity contribution is 6.11. The van der Waals surface area contributed by atoms with Gasteiger partial charge in [-0.1, -0.05) is 24.3 Å². The van der Waals surface area contributed by atoms with Crippen molar-refractivity contribution in [2.24, 2.45) is 0 Å². The van der Waals surface area contributed by atoms with Crippen molar-refractivity contribution in [1.82, 2.24) is 14.8 Å². The van der Waals surface area contributed by atoms with Gasteiger partial charge in [-0.15, -0.1) is 0 Å². The summed E-state index contributed by atoms with van der Waals surface area (Å²) in [6.07, 6.45) is 0. The molecule has 1 N–H and O–H groups in total. The van der Waals surface area contributed by atoms with Crippen molar-refractivity contribution in [2.75, 3.05) is 13.3 Å². The van der Waals surface area contributed by atoms with Crippen LogP contribution in [0.15, 0.2) is 54.6 Å². The minimum atomic E-state index is -1.31. The SMILES string of the molecule is Cc1cc(C(=O)CN2C(=O)NC(C)(c3ccc4c(c3)OCO4)C2=O)c(C)n1-c1ccccc1. The smallest absolute Gasteiger partial charge is 0.325 e. The highest BCUT2D eigenvalue weighted by atomic mass is 16.7. The maximum Gasteiger partial charge on any atom is 0.325 e. The van der Waals surface area contributed by atoms with Crippen molar-refractivity contribution in [1.29, 1.82) is 0 Å². The Morgan fingerprint density at radius 2 is 1.76 bits per heavy atom. The molecule has 2 aliphatic rings. The molecule has 0 spiro atoms. The molecule has 33 heavy (non-hydrogen) atoms. The number of nitrogens with zero attached hydrogens (tertiary/aromatic N) is 2. The van der Waals surface area contributed by atoms with E-state index in [4.69, 9.17) is 9.47 Å². The Bertz CT molecular complexity index is 1300. The van der Waals surface area contributed by atoms with Crippen molar-refractivity contribution in [2.45, 2.75) is 26.3 Å². The van der Waals surface area contributed by atoms with Crippen molar-refractivity contribution < 1.29 is 23.9 Å².